The number of alkyl halides is 3. The van der Waals surface area contributed by atoms with Crippen LogP contribution in [0.3, 0.4) is 0 Å². The monoisotopic (exact) mass is 622 g/mol. The Labute approximate surface area is 260 Å². The first-order chi connectivity index (χ1) is 21.1. The SMILES string of the molecule is COc1ncc(-c2ccc(C(=O)O)cc2C)cc1C1=C(CN2C(=O)O[C@H](c3cc(C)cc(C(F)(F)F)c3)[C@@H]2C)CC(C)(C)CC1. The van der Waals surface area contributed by atoms with Crippen LogP contribution in [-0.4, -0.2) is 46.7 Å². The van der Waals surface area contributed by atoms with Crippen LogP contribution in [0.1, 0.15) is 84.3 Å². The highest BCUT2D eigenvalue weighted by Gasteiger charge is 2.42. The fraction of sp³-hybridized carbons (Fsp3) is 0.400. The molecular weight excluding hydrogens is 585 g/mol. The summed E-state index contributed by atoms with van der Waals surface area (Å²) in [4.78, 5) is 30.9. The molecule has 1 aliphatic heterocycles. The van der Waals surface area contributed by atoms with Gasteiger partial charge in [0, 0.05) is 23.9 Å². The molecule has 45 heavy (non-hydrogen) atoms. The molecule has 0 radical (unpaired) electrons. The molecule has 10 heteroatoms. The van der Waals surface area contributed by atoms with E-state index < -0.39 is 35.9 Å². The van der Waals surface area contributed by atoms with Crippen molar-refractivity contribution in [2.24, 2.45) is 5.41 Å². The van der Waals surface area contributed by atoms with Crippen molar-refractivity contribution in [2.45, 2.75) is 72.2 Å². The average molecular weight is 623 g/mol. The highest BCUT2D eigenvalue weighted by atomic mass is 19.4. The third-order valence-electron chi connectivity index (χ3n) is 8.83. The number of ether oxygens (including phenoxy) is 2. The Morgan fingerprint density at radius 1 is 1.13 bits per heavy atom. The Bertz CT molecular complexity index is 1690. The number of hydrogen-bond donors (Lipinski definition) is 1. The number of cyclic esters (lactones) is 1. The third kappa shape index (κ3) is 6.55. The Balaban J connectivity index is 1.54. The molecule has 3 aromatic rings. The minimum Gasteiger partial charge on any atom is -0.481 e. The second kappa shape index (κ2) is 11.9. The smallest absolute Gasteiger partial charge is 0.416 e. The van der Waals surface area contributed by atoms with E-state index in [1.165, 1.54) is 0 Å². The van der Waals surface area contributed by atoms with Gasteiger partial charge in [-0.15, -0.1) is 0 Å². The quantitative estimate of drug-likeness (QED) is 0.284. The second-order valence-electron chi connectivity index (χ2n) is 12.8. The fourth-order valence-corrected chi connectivity index (χ4v) is 6.49. The van der Waals surface area contributed by atoms with E-state index >= 15 is 0 Å². The topological polar surface area (TPSA) is 89.0 Å². The largest absolute Gasteiger partial charge is 0.481 e. The van der Waals surface area contributed by atoms with E-state index in [4.69, 9.17) is 9.47 Å². The molecule has 0 bridgehead atoms. The highest BCUT2D eigenvalue weighted by molar-refractivity contribution is 5.89. The van der Waals surface area contributed by atoms with Crippen molar-refractivity contribution in [1.82, 2.24) is 9.88 Å². The molecule has 1 amide bonds. The summed E-state index contributed by atoms with van der Waals surface area (Å²) in [5.41, 5.74) is 5.34. The summed E-state index contributed by atoms with van der Waals surface area (Å²) in [6.07, 6.45) is -1.98. The third-order valence-corrected chi connectivity index (χ3v) is 8.83. The van der Waals surface area contributed by atoms with Crippen LogP contribution in [0.15, 0.2) is 54.2 Å². The van der Waals surface area contributed by atoms with Gasteiger partial charge < -0.3 is 14.6 Å². The first-order valence-electron chi connectivity index (χ1n) is 14.8. The number of allylic oxidation sites excluding steroid dienone is 1. The van der Waals surface area contributed by atoms with E-state index in [0.29, 0.717) is 29.8 Å². The number of carbonyl (C=O) groups is 2. The van der Waals surface area contributed by atoms with Crippen molar-refractivity contribution < 1.29 is 37.3 Å². The first-order valence-corrected chi connectivity index (χ1v) is 14.8. The number of methoxy groups -OCH3 is 1. The molecule has 1 aliphatic carbocycles. The fourth-order valence-electron chi connectivity index (χ4n) is 6.49. The molecule has 1 fully saturated rings. The predicted molar refractivity (Wildman–Crippen MR) is 164 cm³/mol. The lowest BCUT2D eigenvalue weighted by atomic mass is 9.72. The molecule has 2 atom stereocenters. The maximum atomic E-state index is 13.6. The number of halogens is 3. The van der Waals surface area contributed by atoms with Gasteiger partial charge in [0.05, 0.1) is 24.3 Å². The molecule has 1 N–H and O–H groups in total. The van der Waals surface area contributed by atoms with Crippen molar-refractivity contribution in [3.63, 3.8) is 0 Å². The lowest BCUT2D eigenvalue weighted by Crippen LogP contribution is -2.35. The van der Waals surface area contributed by atoms with Gasteiger partial charge in [-0.1, -0.05) is 31.5 Å². The summed E-state index contributed by atoms with van der Waals surface area (Å²) in [7, 11) is 1.55. The van der Waals surface area contributed by atoms with Crippen LogP contribution in [0.25, 0.3) is 16.7 Å². The zero-order chi connectivity index (χ0) is 32.8. The standard InChI is InChI=1S/C35H37F3N2O5/c1-19-11-23(14-26(12-19)35(36,37)38)30-21(3)40(33(43)45-30)18-25-16-34(4,5)10-9-28(25)29-15-24(17-39-31(29)44-6)27-8-7-22(32(41)42)13-20(27)2/h7-8,11-15,17,21,30H,9-10,16,18H2,1-6H3,(H,41,42)/t21-,30-/m0/s1. The van der Waals surface area contributed by atoms with Crippen LogP contribution < -0.4 is 4.74 Å². The number of rotatable bonds is 7. The van der Waals surface area contributed by atoms with Gasteiger partial charge in [0.2, 0.25) is 5.88 Å². The van der Waals surface area contributed by atoms with Crippen LogP contribution in [-0.2, 0) is 10.9 Å². The van der Waals surface area contributed by atoms with E-state index in [1.54, 1.807) is 56.3 Å². The Kier molecular flexibility index (Phi) is 8.46. The number of aromatic nitrogens is 1. The molecule has 2 heterocycles. The molecule has 5 rings (SSSR count). The zero-order valence-corrected chi connectivity index (χ0v) is 26.2. The van der Waals surface area contributed by atoms with Crippen molar-refractivity contribution in [3.8, 4) is 17.0 Å². The number of aromatic carboxylic acids is 1. The van der Waals surface area contributed by atoms with Crippen molar-refractivity contribution in [3.05, 3.63) is 87.6 Å². The zero-order valence-electron chi connectivity index (χ0n) is 26.2. The van der Waals surface area contributed by atoms with Crippen molar-refractivity contribution in [1.29, 1.82) is 0 Å². The number of benzene rings is 2. The summed E-state index contributed by atoms with van der Waals surface area (Å²) in [5, 5.41) is 9.40. The molecule has 7 nitrogen and oxygen atoms in total. The Morgan fingerprint density at radius 3 is 2.51 bits per heavy atom. The van der Waals surface area contributed by atoms with Crippen LogP contribution in [0.2, 0.25) is 0 Å². The van der Waals surface area contributed by atoms with Crippen molar-refractivity contribution >= 4 is 17.6 Å². The normalized spacial score (nSPS) is 19.9. The van der Waals surface area contributed by atoms with Gasteiger partial charge in [0.25, 0.3) is 0 Å². The lowest BCUT2D eigenvalue weighted by Gasteiger charge is -2.35. The average Bonchev–Trinajstić information content (AvgIpc) is 3.24. The van der Waals surface area contributed by atoms with Gasteiger partial charge in [0.1, 0.15) is 6.10 Å². The van der Waals surface area contributed by atoms with Crippen LogP contribution >= 0.6 is 0 Å². The summed E-state index contributed by atoms with van der Waals surface area (Å²) in [6, 6.07) is 10.2. The predicted octanol–water partition coefficient (Wildman–Crippen LogP) is 8.64. The molecule has 2 aliphatic rings. The Hall–Kier alpha value is -4.34. The molecule has 0 unspecified atom stereocenters. The highest BCUT2D eigenvalue weighted by Crippen LogP contribution is 2.46. The summed E-state index contributed by atoms with van der Waals surface area (Å²) >= 11 is 0. The van der Waals surface area contributed by atoms with Gasteiger partial charge in [-0.3, -0.25) is 4.90 Å². The van der Waals surface area contributed by atoms with Gasteiger partial charge in [-0.2, -0.15) is 13.2 Å². The molecule has 2 aromatic carbocycles. The molecule has 1 saturated heterocycles. The minimum absolute atomic E-state index is 0.0508. The molecule has 1 aromatic heterocycles. The number of carboxylic acids is 1. The van der Waals surface area contributed by atoms with E-state index in [2.05, 4.69) is 18.8 Å². The molecule has 0 spiro atoms. The maximum absolute atomic E-state index is 13.6. The number of nitrogens with zero attached hydrogens (tertiary/aromatic N) is 2. The van der Waals surface area contributed by atoms with Gasteiger partial charge in [0.15, 0.2) is 0 Å². The number of aryl methyl sites for hydroxylation is 2. The maximum Gasteiger partial charge on any atom is 0.416 e. The first kappa shape index (κ1) is 32.1. The minimum atomic E-state index is -4.52. The van der Waals surface area contributed by atoms with E-state index in [9.17, 15) is 27.9 Å². The molecular formula is C35H37F3N2O5. The number of carboxylic acid groups (broad SMARTS) is 1. The number of pyridine rings is 1. The van der Waals surface area contributed by atoms with Crippen LogP contribution in [0, 0.1) is 19.3 Å². The number of carbonyl (C=O) groups excluding carboxylic acids is 1. The molecule has 0 saturated carbocycles. The summed E-state index contributed by atoms with van der Waals surface area (Å²) < 4.78 is 52.1. The number of hydrogen-bond acceptors (Lipinski definition) is 5. The van der Waals surface area contributed by atoms with E-state index in [1.807, 2.05) is 13.0 Å². The second-order valence-corrected chi connectivity index (χ2v) is 12.8. The van der Waals surface area contributed by atoms with E-state index in [0.717, 1.165) is 52.0 Å². The Morgan fingerprint density at radius 2 is 1.87 bits per heavy atom. The summed E-state index contributed by atoms with van der Waals surface area (Å²) in [6.45, 7) is 9.82. The molecule has 238 valence electrons. The van der Waals surface area contributed by atoms with Gasteiger partial charge >= 0.3 is 18.2 Å². The van der Waals surface area contributed by atoms with E-state index in [-0.39, 0.29) is 17.5 Å². The number of amides is 1. The van der Waals surface area contributed by atoms with Gasteiger partial charge in [-0.25, -0.2) is 14.6 Å². The van der Waals surface area contributed by atoms with Crippen LogP contribution in [0.4, 0.5) is 18.0 Å². The summed E-state index contributed by atoms with van der Waals surface area (Å²) in [5.74, 6) is -0.571. The van der Waals surface area contributed by atoms with Crippen molar-refractivity contribution in [2.75, 3.05) is 13.7 Å². The van der Waals surface area contributed by atoms with Gasteiger partial charge in [-0.05, 0) is 104 Å². The lowest BCUT2D eigenvalue weighted by molar-refractivity contribution is -0.137. The van der Waals surface area contributed by atoms with Crippen LogP contribution in [0.5, 0.6) is 5.88 Å².